The molecule has 9 nitrogen and oxygen atoms in total. The number of aliphatic hydroxyl groups is 2. The molecule has 2 fully saturated rings. The number of ether oxygens (including phenoxy) is 1. The van der Waals surface area contributed by atoms with Gasteiger partial charge in [-0.2, -0.15) is 0 Å². The van der Waals surface area contributed by atoms with Crippen LogP contribution in [0.25, 0.3) is 5.69 Å². The van der Waals surface area contributed by atoms with E-state index in [1.165, 1.54) is 9.13 Å². The van der Waals surface area contributed by atoms with Gasteiger partial charge in [0.15, 0.2) is 0 Å². The van der Waals surface area contributed by atoms with E-state index in [0.29, 0.717) is 18.5 Å². The maximum Gasteiger partial charge on any atom is 0.332 e. The van der Waals surface area contributed by atoms with Crippen LogP contribution in [0.2, 0.25) is 5.02 Å². The Morgan fingerprint density at radius 2 is 1.97 bits per heavy atom. The van der Waals surface area contributed by atoms with Crippen molar-refractivity contribution < 1.29 is 19.7 Å². The largest absolute Gasteiger partial charge is 0.389 e. The Balaban J connectivity index is 1.42. The molecular weight excluding hydrogens is 460 g/mol. The summed E-state index contributed by atoms with van der Waals surface area (Å²) in [4.78, 5) is 25.7. The molecule has 186 valence electrons. The summed E-state index contributed by atoms with van der Waals surface area (Å²) in [5.74, 6) is -0.393. The third-order valence-electron chi connectivity index (χ3n) is 6.61. The molecule has 1 amide bonds. The number of aromatic nitrogens is 2. The van der Waals surface area contributed by atoms with Crippen LogP contribution in [-0.4, -0.2) is 69.3 Å². The SMILES string of the molecule is O=C(NCC1(O)CCCCCC1)c1cc(-n2ccn(CC(O)COC3CNC3)c2=O)ccc1Cl. The lowest BCUT2D eigenvalue weighted by Crippen LogP contribution is -2.49. The molecule has 0 bridgehead atoms. The van der Waals surface area contributed by atoms with Gasteiger partial charge in [0, 0.05) is 32.0 Å². The first-order chi connectivity index (χ1) is 16.3. The summed E-state index contributed by atoms with van der Waals surface area (Å²) in [5.41, 5.74) is -0.522. The fourth-order valence-electron chi connectivity index (χ4n) is 4.40. The van der Waals surface area contributed by atoms with E-state index in [-0.39, 0.29) is 42.1 Å². The standard InChI is InChI=1S/C24H33ClN4O5/c25-21-6-5-17(11-20(21)22(31)27-16-24(33)7-3-1-2-4-8-24)29-10-9-28(23(29)32)14-18(30)15-34-19-12-26-13-19/h5-6,9-11,18-19,26,30,33H,1-4,7-8,12-16H2,(H,27,31). The Morgan fingerprint density at radius 1 is 1.24 bits per heavy atom. The highest BCUT2D eigenvalue weighted by Crippen LogP contribution is 2.27. The van der Waals surface area contributed by atoms with Crippen LogP contribution in [0.4, 0.5) is 0 Å². The van der Waals surface area contributed by atoms with E-state index in [1.54, 1.807) is 30.6 Å². The number of nitrogens with zero attached hydrogens (tertiary/aromatic N) is 2. The molecule has 1 saturated heterocycles. The Hall–Kier alpha value is -2.17. The van der Waals surface area contributed by atoms with Crippen molar-refractivity contribution in [2.75, 3.05) is 26.2 Å². The van der Waals surface area contributed by atoms with Crippen molar-refractivity contribution in [2.24, 2.45) is 0 Å². The average molecular weight is 493 g/mol. The lowest BCUT2D eigenvalue weighted by atomic mass is 9.94. The number of aliphatic hydroxyl groups excluding tert-OH is 1. The van der Waals surface area contributed by atoms with Crippen molar-refractivity contribution in [1.82, 2.24) is 19.8 Å². The van der Waals surface area contributed by atoms with Crippen molar-refractivity contribution in [1.29, 1.82) is 0 Å². The van der Waals surface area contributed by atoms with Crippen LogP contribution < -0.4 is 16.3 Å². The molecule has 1 aromatic carbocycles. The summed E-state index contributed by atoms with van der Waals surface area (Å²) < 4.78 is 8.37. The van der Waals surface area contributed by atoms with Gasteiger partial charge in [0.1, 0.15) is 0 Å². The van der Waals surface area contributed by atoms with Crippen LogP contribution in [0.3, 0.4) is 0 Å². The van der Waals surface area contributed by atoms with E-state index in [4.69, 9.17) is 16.3 Å². The summed E-state index contributed by atoms with van der Waals surface area (Å²) in [6.07, 6.45) is 7.89. The lowest BCUT2D eigenvalue weighted by Gasteiger charge is -2.28. The molecule has 1 saturated carbocycles. The molecule has 1 aliphatic carbocycles. The van der Waals surface area contributed by atoms with Crippen molar-refractivity contribution in [2.45, 2.75) is 62.9 Å². The van der Waals surface area contributed by atoms with E-state index in [1.807, 2.05) is 0 Å². The predicted molar refractivity (Wildman–Crippen MR) is 129 cm³/mol. The van der Waals surface area contributed by atoms with Gasteiger partial charge in [-0.05, 0) is 31.0 Å². The van der Waals surface area contributed by atoms with Gasteiger partial charge < -0.3 is 25.6 Å². The van der Waals surface area contributed by atoms with E-state index < -0.39 is 17.6 Å². The molecule has 2 aromatic rings. The monoisotopic (exact) mass is 492 g/mol. The third-order valence-corrected chi connectivity index (χ3v) is 6.94. The highest BCUT2D eigenvalue weighted by molar-refractivity contribution is 6.33. The number of halogens is 1. The molecular formula is C24H33ClN4O5. The second-order valence-corrected chi connectivity index (χ2v) is 9.76. The molecule has 4 rings (SSSR count). The van der Waals surface area contributed by atoms with Gasteiger partial charge in [-0.25, -0.2) is 4.79 Å². The Bertz CT molecular complexity index is 1040. The summed E-state index contributed by atoms with van der Waals surface area (Å²) in [6.45, 7) is 1.97. The van der Waals surface area contributed by atoms with Crippen LogP contribution >= 0.6 is 11.6 Å². The van der Waals surface area contributed by atoms with Crippen LogP contribution in [-0.2, 0) is 11.3 Å². The smallest absolute Gasteiger partial charge is 0.332 e. The van der Waals surface area contributed by atoms with E-state index in [2.05, 4.69) is 10.6 Å². The van der Waals surface area contributed by atoms with Crippen molar-refractivity contribution in [3.63, 3.8) is 0 Å². The number of imidazole rings is 1. The van der Waals surface area contributed by atoms with Crippen LogP contribution in [0, 0.1) is 0 Å². The molecule has 4 N–H and O–H groups in total. The van der Waals surface area contributed by atoms with Gasteiger partial charge in [-0.15, -0.1) is 0 Å². The Morgan fingerprint density at radius 3 is 2.65 bits per heavy atom. The summed E-state index contributed by atoms with van der Waals surface area (Å²) in [7, 11) is 0. The maximum atomic E-state index is 12.9. The van der Waals surface area contributed by atoms with Crippen LogP contribution in [0.5, 0.6) is 0 Å². The minimum atomic E-state index is -0.899. The van der Waals surface area contributed by atoms with Crippen molar-refractivity contribution in [3.8, 4) is 5.69 Å². The van der Waals surface area contributed by atoms with Gasteiger partial charge in [-0.3, -0.25) is 13.9 Å². The fourth-order valence-corrected chi connectivity index (χ4v) is 4.60. The minimum Gasteiger partial charge on any atom is -0.389 e. The molecule has 10 heteroatoms. The number of carbonyl (C=O) groups excluding carboxylic acids is 1. The van der Waals surface area contributed by atoms with Crippen LogP contribution in [0.1, 0.15) is 48.9 Å². The van der Waals surface area contributed by atoms with Gasteiger partial charge in [0.25, 0.3) is 5.91 Å². The number of carbonyl (C=O) groups is 1. The molecule has 34 heavy (non-hydrogen) atoms. The number of hydrogen-bond acceptors (Lipinski definition) is 6. The highest BCUT2D eigenvalue weighted by Gasteiger charge is 2.29. The molecule has 0 spiro atoms. The fraction of sp³-hybridized carbons (Fsp3) is 0.583. The summed E-state index contributed by atoms with van der Waals surface area (Å²) in [5, 5.41) is 27.2. The highest BCUT2D eigenvalue weighted by atomic mass is 35.5. The zero-order valence-electron chi connectivity index (χ0n) is 19.2. The first kappa shape index (κ1) is 24.9. The lowest BCUT2D eigenvalue weighted by molar-refractivity contribution is -0.0346. The molecule has 1 unspecified atom stereocenters. The number of amides is 1. The van der Waals surface area contributed by atoms with Crippen molar-refractivity contribution >= 4 is 17.5 Å². The molecule has 0 radical (unpaired) electrons. The normalized spacial score (nSPS) is 19.3. The number of benzene rings is 1. The maximum absolute atomic E-state index is 12.9. The minimum absolute atomic E-state index is 0.103. The van der Waals surface area contributed by atoms with E-state index >= 15 is 0 Å². The predicted octanol–water partition coefficient (Wildman–Crippen LogP) is 1.46. The Kier molecular flexibility index (Phi) is 8.10. The third kappa shape index (κ3) is 6.09. The van der Waals surface area contributed by atoms with E-state index in [0.717, 1.165) is 38.8 Å². The van der Waals surface area contributed by atoms with E-state index in [9.17, 15) is 19.8 Å². The van der Waals surface area contributed by atoms with Gasteiger partial charge in [0.2, 0.25) is 0 Å². The summed E-state index contributed by atoms with van der Waals surface area (Å²) >= 11 is 6.28. The van der Waals surface area contributed by atoms with Crippen LogP contribution in [0.15, 0.2) is 35.4 Å². The quantitative estimate of drug-likeness (QED) is 0.394. The summed E-state index contributed by atoms with van der Waals surface area (Å²) in [6, 6.07) is 4.79. The van der Waals surface area contributed by atoms with Gasteiger partial charge in [-0.1, -0.05) is 37.3 Å². The number of rotatable bonds is 9. The van der Waals surface area contributed by atoms with Gasteiger partial charge >= 0.3 is 5.69 Å². The number of nitrogens with one attached hydrogen (secondary N) is 2. The zero-order chi connectivity index (χ0) is 24.1. The molecule has 2 heterocycles. The number of hydrogen-bond donors (Lipinski definition) is 4. The molecule has 1 aliphatic heterocycles. The average Bonchev–Trinajstić information content (AvgIpc) is 2.99. The zero-order valence-corrected chi connectivity index (χ0v) is 20.0. The second-order valence-electron chi connectivity index (χ2n) is 9.36. The Labute approximate surface area is 203 Å². The second kappa shape index (κ2) is 11.0. The van der Waals surface area contributed by atoms with Gasteiger partial charge in [0.05, 0.1) is 47.2 Å². The first-order valence-corrected chi connectivity index (χ1v) is 12.3. The first-order valence-electron chi connectivity index (χ1n) is 11.9. The topological polar surface area (TPSA) is 118 Å². The molecule has 1 aromatic heterocycles. The molecule has 1 atom stereocenters. The van der Waals surface area contributed by atoms with Crippen molar-refractivity contribution in [3.05, 3.63) is 51.7 Å². The molecule has 2 aliphatic rings.